The van der Waals surface area contributed by atoms with Crippen LogP contribution in [-0.2, 0) is 0 Å². The van der Waals surface area contributed by atoms with Gasteiger partial charge in [0.15, 0.2) is 16.7 Å². The van der Waals surface area contributed by atoms with Gasteiger partial charge in [-0.25, -0.2) is 9.78 Å². The predicted molar refractivity (Wildman–Crippen MR) is 86.8 cm³/mol. The molecule has 3 rings (SSSR count). The molecule has 0 amide bonds. The van der Waals surface area contributed by atoms with E-state index >= 15 is 0 Å². The van der Waals surface area contributed by atoms with Crippen molar-refractivity contribution in [3.8, 4) is 5.75 Å². The van der Waals surface area contributed by atoms with Crippen molar-refractivity contribution in [1.82, 2.24) is 4.98 Å². The van der Waals surface area contributed by atoms with Crippen LogP contribution >= 0.6 is 0 Å². The van der Waals surface area contributed by atoms with E-state index in [0.29, 0.717) is 27.6 Å². The largest absolute Gasteiger partial charge is 0.497 e. The number of methoxy groups -OCH3 is 1. The number of benzene rings is 2. The van der Waals surface area contributed by atoms with Gasteiger partial charge < -0.3 is 9.15 Å². The van der Waals surface area contributed by atoms with Gasteiger partial charge >= 0.3 is 5.63 Å². The highest BCUT2D eigenvalue weighted by molar-refractivity contribution is 6.17. The standard InChI is InChI=1S/C18H13NO4/c1-11-3-8-14-17(9-11)23-18(21)15(19-14)10-16(20)12-4-6-13(22-2)7-5-12/h3-10H,1H2,2H3/b15-10-. The van der Waals surface area contributed by atoms with Crippen LogP contribution in [0.25, 0.3) is 23.8 Å². The minimum absolute atomic E-state index is 0.0323. The SMILES string of the molecule is C=c1ccc2n/c(=C\C(=O)c3ccc(OC)cc3)c(=O)oc2c1. The first-order valence-electron chi connectivity index (χ1n) is 6.87. The van der Waals surface area contributed by atoms with Crippen LogP contribution in [0.1, 0.15) is 10.4 Å². The van der Waals surface area contributed by atoms with Gasteiger partial charge in [-0.3, -0.25) is 4.79 Å². The number of aromatic nitrogens is 1. The summed E-state index contributed by atoms with van der Waals surface area (Å²) < 4.78 is 10.2. The third-order valence-corrected chi connectivity index (χ3v) is 3.32. The maximum atomic E-state index is 12.2. The van der Waals surface area contributed by atoms with Gasteiger partial charge in [-0.15, -0.1) is 0 Å². The Kier molecular flexibility index (Phi) is 3.76. The number of rotatable bonds is 3. The molecule has 0 radical (unpaired) electrons. The second-order valence-electron chi connectivity index (χ2n) is 4.93. The molecule has 0 bridgehead atoms. The third-order valence-electron chi connectivity index (χ3n) is 3.32. The van der Waals surface area contributed by atoms with E-state index < -0.39 is 5.63 Å². The lowest BCUT2D eigenvalue weighted by molar-refractivity contribution is 0.106. The number of fused-ring (bicyclic) bond motifs is 1. The molecule has 2 aromatic carbocycles. The van der Waals surface area contributed by atoms with E-state index in [0.717, 1.165) is 0 Å². The summed E-state index contributed by atoms with van der Waals surface area (Å²) in [7, 11) is 1.55. The van der Waals surface area contributed by atoms with Crippen molar-refractivity contribution in [2.45, 2.75) is 0 Å². The molecule has 114 valence electrons. The van der Waals surface area contributed by atoms with Gasteiger partial charge in [0.1, 0.15) is 11.3 Å². The number of carbonyl (C=O) groups excluding carboxylic acids is 1. The number of ketones is 1. The van der Waals surface area contributed by atoms with Crippen LogP contribution in [0.4, 0.5) is 0 Å². The zero-order chi connectivity index (χ0) is 16.4. The summed E-state index contributed by atoms with van der Waals surface area (Å²) in [4.78, 5) is 28.4. The summed E-state index contributed by atoms with van der Waals surface area (Å²) in [5, 5.41) is 0.684. The van der Waals surface area contributed by atoms with Gasteiger partial charge in [0, 0.05) is 11.6 Å². The second kappa shape index (κ2) is 5.88. The zero-order valence-electron chi connectivity index (χ0n) is 12.4. The van der Waals surface area contributed by atoms with Crippen LogP contribution in [0, 0.1) is 0 Å². The number of hydrogen-bond donors (Lipinski definition) is 0. The molecule has 1 aromatic heterocycles. The summed E-state index contributed by atoms with van der Waals surface area (Å²) in [5.74, 6) is 0.314. The van der Waals surface area contributed by atoms with E-state index in [1.54, 1.807) is 49.6 Å². The molecule has 0 fully saturated rings. The fourth-order valence-corrected chi connectivity index (χ4v) is 2.11. The fourth-order valence-electron chi connectivity index (χ4n) is 2.11. The van der Waals surface area contributed by atoms with Gasteiger partial charge in [-0.05, 0) is 41.6 Å². The molecule has 3 aromatic rings. The van der Waals surface area contributed by atoms with Gasteiger partial charge in [-0.2, -0.15) is 0 Å². The monoisotopic (exact) mass is 307 g/mol. The highest BCUT2D eigenvalue weighted by Gasteiger charge is 2.06. The van der Waals surface area contributed by atoms with E-state index in [9.17, 15) is 9.59 Å². The molecule has 0 N–H and O–H groups in total. The van der Waals surface area contributed by atoms with Crippen LogP contribution < -0.4 is 20.9 Å². The number of carbonyl (C=O) groups is 1. The molecule has 5 nitrogen and oxygen atoms in total. The molecule has 0 aliphatic carbocycles. The molecule has 0 aliphatic heterocycles. The topological polar surface area (TPSA) is 69.4 Å². The van der Waals surface area contributed by atoms with E-state index in [4.69, 9.17) is 9.15 Å². The molecule has 0 saturated heterocycles. The maximum Gasteiger partial charge on any atom is 0.362 e. The highest BCUT2D eigenvalue weighted by atomic mass is 16.5. The number of Topliss-reactive ketones (excluding diaryl/α,β-unsaturated/α-hetero) is 1. The minimum Gasteiger partial charge on any atom is -0.497 e. The number of hydrogen-bond acceptors (Lipinski definition) is 5. The number of ether oxygens (including phenoxy) is 1. The van der Waals surface area contributed by atoms with Crippen LogP contribution in [0.15, 0.2) is 51.7 Å². The summed E-state index contributed by atoms with van der Waals surface area (Å²) in [5.41, 5.74) is 0.604. The Balaban J connectivity index is 2.07. The van der Waals surface area contributed by atoms with Crippen molar-refractivity contribution >= 4 is 29.5 Å². The Bertz CT molecular complexity index is 1050. The van der Waals surface area contributed by atoms with Gasteiger partial charge in [0.05, 0.1) is 7.11 Å². The molecule has 0 spiro atoms. The number of nitrogens with zero attached hydrogens (tertiary/aromatic N) is 1. The second-order valence-corrected chi connectivity index (χ2v) is 4.93. The first kappa shape index (κ1) is 14.7. The molecular formula is C18H13NO4. The third kappa shape index (κ3) is 3.03. The quantitative estimate of drug-likeness (QED) is 0.682. The Morgan fingerprint density at radius 1 is 1.22 bits per heavy atom. The van der Waals surface area contributed by atoms with Crippen LogP contribution in [0.2, 0.25) is 0 Å². The first-order chi connectivity index (χ1) is 11.1. The maximum absolute atomic E-state index is 12.2. The molecule has 0 unspecified atom stereocenters. The van der Waals surface area contributed by atoms with Crippen LogP contribution in [-0.4, -0.2) is 17.9 Å². The van der Waals surface area contributed by atoms with Crippen molar-refractivity contribution in [2.24, 2.45) is 0 Å². The average molecular weight is 307 g/mol. The Labute approximate surface area is 131 Å². The van der Waals surface area contributed by atoms with Crippen molar-refractivity contribution in [1.29, 1.82) is 0 Å². The lowest BCUT2D eigenvalue weighted by Crippen LogP contribution is -2.28. The van der Waals surface area contributed by atoms with E-state index in [1.807, 2.05) is 0 Å². The molecule has 0 aliphatic rings. The smallest absolute Gasteiger partial charge is 0.362 e. The molecule has 5 heteroatoms. The summed E-state index contributed by atoms with van der Waals surface area (Å²) >= 11 is 0. The van der Waals surface area contributed by atoms with E-state index in [2.05, 4.69) is 11.6 Å². The van der Waals surface area contributed by atoms with Gasteiger partial charge in [0.25, 0.3) is 0 Å². The minimum atomic E-state index is -0.662. The average Bonchev–Trinajstić information content (AvgIpc) is 2.55. The lowest BCUT2D eigenvalue weighted by atomic mass is 10.1. The van der Waals surface area contributed by atoms with E-state index in [1.165, 1.54) is 6.08 Å². The van der Waals surface area contributed by atoms with Crippen LogP contribution in [0.5, 0.6) is 5.75 Å². The highest BCUT2D eigenvalue weighted by Crippen LogP contribution is 2.12. The Morgan fingerprint density at radius 3 is 2.65 bits per heavy atom. The van der Waals surface area contributed by atoms with Crippen molar-refractivity contribution in [3.05, 3.63) is 69.0 Å². The van der Waals surface area contributed by atoms with Crippen molar-refractivity contribution in [2.75, 3.05) is 7.11 Å². The first-order valence-corrected chi connectivity index (χ1v) is 6.87. The van der Waals surface area contributed by atoms with Crippen molar-refractivity contribution in [3.63, 3.8) is 0 Å². The molecule has 0 saturated carbocycles. The molecular weight excluding hydrogens is 294 g/mol. The van der Waals surface area contributed by atoms with Crippen molar-refractivity contribution < 1.29 is 13.9 Å². The zero-order valence-corrected chi connectivity index (χ0v) is 12.4. The summed E-state index contributed by atoms with van der Waals surface area (Å²) in [6.07, 6.45) is 1.17. The van der Waals surface area contributed by atoms with E-state index in [-0.39, 0.29) is 11.1 Å². The predicted octanol–water partition coefficient (Wildman–Crippen LogP) is 1.27. The van der Waals surface area contributed by atoms with Crippen LogP contribution in [0.3, 0.4) is 0 Å². The van der Waals surface area contributed by atoms with Gasteiger partial charge in [0.2, 0.25) is 0 Å². The normalized spacial score (nSPS) is 11.6. The summed E-state index contributed by atoms with van der Waals surface area (Å²) in [6.45, 7) is 3.76. The lowest BCUT2D eigenvalue weighted by Gasteiger charge is -2.00. The summed E-state index contributed by atoms with van der Waals surface area (Å²) in [6, 6.07) is 11.7. The molecule has 0 atom stereocenters. The Hall–Kier alpha value is -3.21. The molecule has 23 heavy (non-hydrogen) atoms. The van der Waals surface area contributed by atoms with Gasteiger partial charge in [-0.1, -0.05) is 12.6 Å². The fraction of sp³-hybridized carbons (Fsp3) is 0.0556. The molecule has 1 heterocycles. The Morgan fingerprint density at radius 2 is 1.96 bits per heavy atom.